The van der Waals surface area contributed by atoms with Crippen molar-refractivity contribution in [1.29, 1.82) is 0 Å². The molecule has 0 fully saturated rings. The monoisotopic (exact) mass is 243 g/mol. The zero-order chi connectivity index (χ0) is 13.0. The van der Waals surface area contributed by atoms with E-state index in [0.29, 0.717) is 0 Å². The Morgan fingerprint density at radius 2 is 1.06 bits per heavy atom. The van der Waals surface area contributed by atoms with E-state index in [4.69, 9.17) is 0 Å². The van der Waals surface area contributed by atoms with Gasteiger partial charge in [0, 0.05) is 0 Å². The highest BCUT2D eigenvalue weighted by molar-refractivity contribution is 4.48. The first-order valence-electron chi connectivity index (χ1n) is 7.75. The third-order valence-corrected chi connectivity index (χ3v) is 3.82. The van der Waals surface area contributed by atoms with Gasteiger partial charge in [0.2, 0.25) is 0 Å². The Labute approximate surface area is 109 Å². The molecule has 0 saturated carbocycles. The number of rotatable bonds is 12. The molecule has 2 heteroatoms. The highest BCUT2D eigenvalue weighted by atomic mass is 16.5. The van der Waals surface area contributed by atoms with Crippen LogP contribution in [0.1, 0.15) is 78.6 Å². The zero-order valence-corrected chi connectivity index (χ0v) is 12.3. The van der Waals surface area contributed by atoms with Crippen molar-refractivity contribution in [2.75, 3.05) is 19.6 Å². The molecule has 0 atom stereocenters. The predicted octanol–water partition coefficient (Wildman–Crippen LogP) is 4.87. The maximum absolute atomic E-state index is 12.0. The molecule has 0 rings (SSSR count). The van der Waals surface area contributed by atoms with Crippen molar-refractivity contribution in [3.05, 3.63) is 5.21 Å². The molecule has 0 aromatic carbocycles. The number of hydroxylamine groups is 3. The molecule has 0 amide bonds. The molecule has 0 aromatic rings. The average Bonchev–Trinajstić information content (AvgIpc) is 2.36. The Morgan fingerprint density at radius 3 is 1.47 bits per heavy atom. The van der Waals surface area contributed by atoms with Gasteiger partial charge in [0.25, 0.3) is 0 Å². The van der Waals surface area contributed by atoms with Crippen LogP contribution in [-0.2, 0) is 0 Å². The first kappa shape index (κ1) is 16.9. The number of quaternary nitrogens is 1. The molecule has 0 saturated heterocycles. The van der Waals surface area contributed by atoms with Crippen LogP contribution < -0.4 is 0 Å². The third-order valence-electron chi connectivity index (χ3n) is 3.82. The van der Waals surface area contributed by atoms with Gasteiger partial charge >= 0.3 is 0 Å². The SMILES string of the molecule is CCCCCCCCCCC[N+]([O-])(CC)CC. The van der Waals surface area contributed by atoms with Crippen LogP contribution in [0.15, 0.2) is 0 Å². The Morgan fingerprint density at radius 1 is 0.647 bits per heavy atom. The largest absolute Gasteiger partial charge is 0.633 e. The molecule has 0 heterocycles. The number of nitrogens with zero attached hydrogens (tertiary/aromatic N) is 1. The molecule has 104 valence electrons. The second-order valence-electron chi connectivity index (χ2n) is 5.24. The minimum Gasteiger partial charge on any atom is -0.633 e. The summed E-state index contributed by atoms with van der Waals surface area (Å²) in [6.07, 6.45) is 12.0. The lowest BCUT2D eigenvalue weighted by Gasteiger charge is -2.41. The summed E-state index contributed by atoms with van der Waals surface area (Å²) in [4.78, 5) is 0. The molecular weight excluding hydrogens is 210 g/mol. The van der Waals surface area contributed by atoms with Gasteiger partial charge in [-0.05, 0) is 26.7 Å². The Bertz CT molecular complexity index is 155. The van der Waals surface area contributed by atoms with Crippen LogP contribution in [0.2, 0.25) is 0 Å². The highest BCUT2D eigenvalue weighted by Gasteiger charge is 2.09. The van der Waals surface area contributed by atoms with E-state index >= 15 is 0 Å². The van der Waals surface area contributed by atoms with Crippen molar-refractivity contribution in [1.82, 2.24) is 0 Å². The second-order valence-corrected chi connectivity index (χ2v) is 5.24. The van der Waals surface area contributed by atoms with E-state index in [2.05, 4.69) is 6.92 Å². The summed E-state index contributed by atoms with van der Waals surface area (Å²) >= 11 is 0. The summed E-state index contributed by atoms with van der Waals surface area (Å²) in [7, 11) is 0. The summed E-state index contributed by atoms with van der Waals surface area (Å²) in [5.74, 6) is 0. The molecule has 0 radical (unpaired) electrons. The lowest BCUT2D eigenvalue weighted by atomic mass is 10.1. The Hall–Kier alpha value is -0.0800. The maximum Gasteiger partial charge on any atom is 0.0783 e. The predicted molar refractivity (Wildman–Crippen MR) is 76.8 cm³/mol. The van der Waals surface area contributed by atoms with Gasteiger partial charge in [-0.25, -0.2) is 0 Å². The minimum atomic E-state index is 0.0104. The van der Waals surface area contributed by atoms with Crippen LogP contribution >= 0.6 is 0 Å². The van der Waals surface area contributed by atoms with Crippen molar-refractivity contribution < 1.29 is 4.65 Å². The smallest absolute Gasteiger partial charge is 0.0783 e. The van der Waals surface area contributed by atoms with E-state index < -0.39 is 0 Å². The normalized spacial score (nSPS) is 12.0. The molecule has 0 spiro atoms. The van der Waals surface area contributed by atoms with Crippen molar-refractivity contribution in [3.8, 4) is 0 Å². The zero-order valence-electron chi connectivity index (χ0n) is 12.3. The van der Waals surface area contributed by atoms with Gasteiger partial charge in [-0.15, -0.1) is 0 Å². The van der Waals surface area contributed by atoms with E-state index in [0.717, 1.165) is 26.1 Å². The summed E-state index contributed by atoms with van der Waals surface area (Å²) in [6.45, 7) is 8.55. The van der Waals surface area contributed by atoms with Gasteiger partial charge in [0.15, 0.2) is 0 Å². The lowest BCUT2D eigenvalue weighted by Crippen LogP contribution is -2.42. The summed E-state index contributed by atoms with van der Waals surface area (Å²) in [6, 6.07) is 0. The first-order chi connectivity index (χ1) is 8.18. The van der Waals surface area contributed by atoms with Crippen LogP contribution in [0.25, 0.3) is 0 Å². The standard InChI is InChI=1S/C15H33NO/c1-4-7-8-9-10-11-12-13-14-15-16(17,5-2)6-3/h4-15H2,1-3H3. The van der Waals surface area contributed by atoms with E-state index in [9.17, 15) is 5.21 Å². The third kappa shape index (κ3) is 9.61. The second kappa shape index (κ2) is 11.0. The highest BCUT2D eigenvalue weighted by Crippen LogP contribution is 2.12. The molecule has 0 aliphatic rings. The molecular formula is C15H33NO. The van der Waals surface area contributed by atoms with Gasteiger partial charge in [-0.2, -0.15) is 0 Å². The van der Waals surface area contributed by atoms with Crippen molar-refractivity contribution in [2.24, 2.45) is 0 Å². The van der Waals surface area contributed by atoms with Crippen LogP contribution in [-0.4, -0.2) is 24.3 Å². The van der Waals surface area contributed by atoms with Crippen LogP contribution in [0.4, 0.5) is 0 Å². The number of hydrogen-bond acceptors (Lipinski definition) is 1. The van der Waals surface area contributed by atoms with Crippen molar-refractivity contribution >= 4 is 0 Å². The maximum atomic E-state index is 12.0. The number of unbranched alkanes of at least 4 members (excludes halogenated alkanes) is 8. The topological polar surface area (TPSA) is 23.1 Å². The molecule has 0 unspecified atom stereocenters. The van der Waals surface area contributed by atoms with Gasteiger partial charge in [0.05, 0.1) is 19.6 Å². The fourth-order valence-corrected chi connectivity index (χ4v) is 2.25. The van der Waals surface area contributed by atoms with Gasteiger partial charge in [-0.3, -0.25) is 0 Å². The van der Waals surface area contributed by atoms with Crippen molar-refractivity contribution in [2.45, 2.75) is 78.6 Å². The summed E-state index contributed by atoms with van der Waals surface area (Å²) < 4.78 is 0.0104. The molecule has 0 bridgehead atoms. The van der Waals surface area contributed by atoms with E-state index in [-0.39, 0.29) is 4.65 Å². The average molecular weight is 243 g/mol. The molecule has 0 N–H and O–H groups in total. The van der Waals surface area contributed by atoms with E-state index in [1.807, 2.05) is 13.8 Å². The lowest BCUT2D eigenvalue weighted by molar-refractivity contribution is -0.877. The Balaban J connectivity index is 3.23. The molecule has 0 aliphatic heterocycles. The molecule has 2 nitrogen and oxygen atoms in total. The van der Waals surface area contributed by atoms with Crippen molar-refractivity contribution in [3.63, 3.8) is 0 Å². The van der Waals surface area contributed by atoms with Gasteiger partial charge < -0.3 is 9.85 Å². The van der Waals surface area contributed by atoms with E-state index in [1.165, 1.54) is 51.4 Å². The molecule has 17 heavy (non-hydrogen) atoms. The molecule has 0 aliphatic carbocycles. The fourth-order valence-electron chi connectivity index (χ4n) is 2.25. The first-order valence-corrected chi connectivity index (χ1v) is 7.75. The molecule has 0 aromatic heterocycles. The van der Waals surface area contributed by atoms with Crippen LogP contribution in [0, 0.1) is 5.21 Å². The van der Waals surface area contributed by atoms with E-state index in [1.54, 1.807) is 0 Å². The quantitative estimate of drug-likeness (QED) is 0.272. The fraction of sp³-hybridized carbons (Fsp3) is 1.00. The van der Waals surface area contributed by atoms with Crippen LogP contribution in [0.3, 0.4) is 0 Å². The number of hydrogen-bond donors (Lipinski definition) is 0. The van der Waals surface area contributed by atoms with Gasteiger partial charge in [0.1, 0.15) is 0 Å². The summed E-state index contributed by atoms with van der Waals surface area (Å²) in [5.41, 5.74) is 0. The van der Waals surface area contributed by atoms with Gasteiger partial charge in [-0.1, -0.05) is 51.9 Å². The minimum absolute atomic E-state index is 0.0104. The van der Waals surface area contributed by atoms with Crippen LogP contribution in [0.5, 0.6) is 0 Å². The summed E-state index contributed by atoms with van der Waals surface area (Å²) in [5, 5.41) is 12.0. The Kier molecular flexibility index (Phi) is 11.0.